The lowest BCUT2D eigenvalue weighted by molar-refractivity contribution is -0.120. The second kappa shape index (κ2) is 6.36. The molecule has 0 aliphatic heterocycles. The van der Waals surface area contributed by atoms with Crippen molar-refractivity contribution in [3.63, 3.8) is 0 Å². The van der Waals surface area contributed by atoms with Crippen molar-refractivity contribution >= 4 is 5.91 Å². The van der Waals surface area contributed by atoms with Crippen molar-refractivity contribution in [1.82, 2.24) is 10.2 Å². The third-order valence-electron chi connectivity index (χ3n) is 3.39. The Hall–Kier alpha value is -0.610. The number of nitrogens with zero attached hydrogens (tertiary/aromatic N) is 1. The normalized spacial score (nSPS) is 19.6. The van der Waals surface area contributed by atoms with Gasteiger partial charge in [-0.2, -0.15) is 0 Å². The lowest BCUT2D eigenvalue weighted by Gasteiger charge is -2.29. The smallest absolute Gasteiger partial charge is 0.235 e. The fourth-order valence-electron chi connectivity index (χ4n) is 2.09. The third-order valence-corrected chi connectivity index (χ3v) is 3.39. The summed E-state index contributed by atoms with van der Waals surface area (Å²) in [5.74, 6) is 0.441. The van der Waals surface area contributed by atoms with Crippen LogP contribution in [0.1, 0.15) is 40.0 Å². The third kappa shape index (κ3) is 5.50. The van der Waals surface area contributed by atoms with Crippen LogP contribution in [0.5, 0.6) is 0 Å². The van der Waals surface area contributed by atoms with Crippen LogP contribution in [0.25, 0.3) is 0 Å². The lowest BCUT2D eigenvalue weighted by atomic mass is 10.0. The zero-order chi connectivity index (χ0) is 13.0. The molecule has 2 unspecified atom stereocenters. The number of rotatable bonds is 8. The molecular weight excluding hydrogens is 214 g/mol. The van der Waals surface area contributed by atoms with Crippen molar-refractivity contribution in [2.75, 3.05) is 13.6 Å². The predicted molar refractivity (Wildman–Crippen MR) is 70.7 cm³/mol. The molecule has 100 valence electrons. The van der Waals surface area contributed by atoms with Crippen molar-refractivity contribution in [1.29, 1.82) is 0 Å². The van der Waals surface area contributed by atoms with E-state index in [1.165, 1.54) is 12.8 Å². The highest BCUT2D eigenvalue weighted by Crippen LogP contribution is 2.19. The largest absolute Gasteiger partial charge is 0.368 e. The Morgan fingerprint density at radius 2 is 2.00 bits per heavy atom. The molecule has 1 fully saturated rings. The maximum atomic E-state index is 11.4. The summed E-state index contributed by atoms with van der Waals surface area (Å²) in [6.45, 7) is 7.35. The van der Waals surface area contributed by atoms with Crippen molar-refractivity contribution in [3.05, 3.63) is 0 Å². The van der Waals surface area contributed by atoms with Gasteiger partial charge in [-0.3, -0.25) is 4.79 Å². The molecule has 4 heteroatoms. The summed E-state index contributed by atoms with van der Waals surface area (Å²) < 4.78 is 0. The molecule has 0 heterocycles. The maximum Gasteiger partial charge on any atom is 0.235 e. The highest BCUT2D eigenvalue weighted by Gasteiger charge is 2.28. The highest BCUT2D eigenvalue weighted by molar-refractivity contribution is 5.80. The van der Waals surface area contributed by atoms with Crippen molar-refractivity contribution in [2.45, 2.75) is 58.2 Å². The minimum atomic E-state index is -0.236. The fraction of sp³-hybridized carbons (Fsp3) is 0.923. The number of carbonyl (C=O) groups excluding carboxylic acids is 1. The van der Waals surface area contributed by atoms with E-state index in [1.807, 2.05) is 0 Å². The first kappa shape index (κ1) is 14.5. The van der Waals surface area contributed by atoms with E-state index in [-0.39, 0.29) is 11.9 Å². The van der Waals surface area contributed by atoms with Gasteiger partial charge in [-0.05, 0) is 39.2 Å². The molecular formula is C13H27N3O. The van der Waals surface area contributed by atoms with Crippen molar-refractivity contribution in [2.24, 2.45) is 11.7 Å². The molecule has 0 spiro atoms. The second-order valence-corrected chi connectivity index (χ2v) is 5.81. The monoisotopic (exact) mass is 241 g/mol. The van der Waals surface area contributed by atoms with Crippen molar-refractivity contribution < 1.29 is 4.79 Å². The van der Waals surface area contributed by atoms with E-state index < -0.39 is 0 Å². The molecule has 4 nitrogen and oxygen atoms in total. The molecule has 0 aromatic heterocycles. The van der Waals surface area contributed by atoms with E-state index in [2.05, 4.69) is 38.0 Å². The predicted octanol–water partition coefficient (Wildman–Crippen LogP) is 0.959. The summed E-state index contributed by atoms with van der Waals surface area (Å²) >= 11 is 0. The van der Waals surface area contributed by atoms with Crippen LogP contribution in [0.15, 0.2) is 0 Å². The van der Waals surface area contributed by atoms with Crippen LogP contribution in [-0.4, -0.2) is 42.5 Å². The first-order valence-electron chi connectivity index (χ1n) is 6.65. The van der Waals surface area contributed by atoms with Gasteiger partial charge >= 0.3 is 0 Å². The minimum absolute atomic E-state index is 0.206. The molecule has 17 heavy (non-hydrogen) atoms. The summed E-state index contributed by atoms with van der Waals surface area (Å²) in [5.41, 5.74) is 5.43. The van der Waals surface area contributed by atoms with E-state index in [1.54, 1.807) is 0 Å². The quantitative estimate of drug-likeness (QED) is 0.665. The zero-order valence-electron chi connectivity index (χ0n) is 11.6. The van der Waals surface area contributed by atoms with Gasteiger partial charge in [0.15, 0.2) is 0 Å². The van der Waals surface area contributed by atoms with Gasteiger partial charge in [0.1, 0.15) is 0 Å². The fourth-order valence-corrected chi connectivity index (χ4v) is 2.09. The lowest BCUT2D eigenvalue weighted by Crippen LogP contribution is -2.50. The van der Waals surface area contributed by atoms with Crippen LogP contribution in [0, 0.1) is 5.92 Å². The number of carbonyl (C=O) groups is 1. The minimum Gasteiger partial charge on any atom is -0.368 e. The Morgan fingerprint density at radius 3 is 2.41 bits per heavy atom. The van der Waals surface area contributed by atoms with Crippen molar-refractivity contribution in [3.8, 4) is 0 Å². The zero-order valence-corrected chi connectivity index (χ0v) is 11.6. The van der Waals surface area contributed by atoms with Gasteiger partial charge in [-0.25, -0.2) is 0 Å². The summed E-state index contributed by atoms with van der Waals surface area (Å²) in [4.78, 5) is 13.6. The molecule has 1 saturated carbocycles. The molecule has 1 aliphatic carbocycles. The van der Waals surface area contributed by atoms with Gasteiger partial charge in [0.2, 0.25) is 5.91 Å². The van der Waals surface area contributed by atoms with Crippen LogP contribution < -0.4 is 11.1 Å². The standard InChI is InChI=1S/C13H27N3O/c1-9(2)7-10(3)16(4)8-12(13(14)17)15-11-5-6-11/h9-12,15H,5-8H2,1-4H3,(H2,14,17). The average molecular weight is 241 g/mol. The molecule has 3 N–H and O–H groups in total. The summed E-state index contributed by atoms with van der Waals surface area (Å²) in [6, 6.07) is 0.793. The van der Waals surface area contributed by atoms with E-state index in [0.717, 1.165) is 6.42 Å². The average Bonchev–Trinajstić information content (AvgIpc) is 2.99. The molecule has 0 bridgehead atoms. The summed E-state index contributed by atoms with van der Waals surface area (Å²) in [5, 5.41) is 3.31. The van der Waals surface area contributed by atoms with Crippen LogP contribution in [0.3, 0.4) is 0 Å². The van der Waals surface area contributed by atoms with E-state index in [0.29, 0.717) is 24.5 Å². The SMILES string of the molecule is CC(C)CC(C)N(C)CC(NC1CC1)C(N)=O. The summed E-state index contributed by atoms with van der Waals surface area (Å²) in [7, 11) is 2.07. The highest BCUT2D eigenvalue weighted by atomic mass is 16.1. The molecule has 0 saturated heterocycles. The molecule has 0 radical (unpaired) electrons. The van der Waals surface area contributed by atoms with E-state index in [4.69, 9.17) is 5.73 Å². The molecule has 2 atom stereocenters. The van der Waals surface area contributed by atoms with E-state index in [9.17, 15) is 4.79 Å². The number of hydrogen-bond acceptors (Lipinski definition) is 3. The number of nitrogens with two attached hydrogens (primary N) is 1. The molecule has 1 rings (SSSR count). The Labute approximate surface area is 105 Å². The molecule has 1 amide bonds. The molecule has 0 aromatic carbocycles. The topological polar surface area (TPSA) is 58.4 Å². The maximum absolute atomic E-state index is 11.4. The van der Waals surface area contributed by atoms with Gasteiger partial charge in [0.25, 0.3) is 0 Å². The van der Waals surface area contributed by atoms with Gasteiger partial charge in [0.05, 0.1) is 6.04 Å². The first-order chi connectivity index (χ1) is 7.90. The molecule has 1 aliphatic rings. The number of likely N-dealkylation sites (N-methyl/N-ethyl adjacent to an activating group) is 1. The second-order valence-electron chi connectivity index (χ2n) is 5.81. The first-order valence-corrected chi connectivity index (χ1v) is 6.65. The van der Waals surface area contributed by atoms with Crippen LogP contribution >= 0.6 is 0 Å². The Bertz CT molecular complexity index is 251. The van der Waals surface area contributed by atoms with Gasteiger partial charge in [-0.15, -0.1) is 0 Å². The Balaban J connectivity index is 2.38. The molecule has 0 aromatic rings. The summed E-state index contributed by atoms with van der Waals surface area (Å²) in [6.07, 6.45) is 3.50. The Kier molecular flexibility index (Phi) is 5.40. The van der Waals surface area contributed by atoms with Gasteiger partial charge in [-0.1, -0.05) is 13.8 Å². The number of amides is 1. The van der Waals surface area contributed by atoms with Gasteiger partial charge in [0, 0.05) is 18.6 Å². The number of nitrogens with one attached hydrogen (secondary N) is 1. The van der Waals surface area contributed by atoms with Crippen LogP contribution in [-0.2, 0) is 4.79 Å². The van der Waals surface area contributed by atoms with Gasteiger partial charge < -0.3 is 16.0 Å². The Morgan fingerprint density at radius 1 is 1.41 bits per heavy atom. The number of primary amides is 1. The number of hydrogen-bond donors (Lipinski definition) is 2. The van der Waals surface area contributed by atoms with Crippen LogP contribution in [0.4, 0.5) is 0 Å². The van der Waals surface area contributed by atoms with E-state index >= 15 is 0 Å². The van der Waals surface area contributed by atoms with Crippen LogP contribution in [0.2, 0.25) is 0 Å².